The normalized spacial score (nSPS) is 10.4. The molecule has 132 valence electrons. The summed E-state index contributed by atoms with van der Waals surface area (Å²) in [6.45, 7) is 1.91. The molecule has 0 spiro atoms. The monoisotopic (exact) mass is 370 g/mol. The fourth-order valence-electron chi connectivity index (χ4n) is 2.32. The summed E-state index contributed by atoms with van der Waals surface area (Å²) >= 11 is 5.98. The highest BCUT2D eigenvalue weighted by atomic mass is 35.5. The third-order valence-electron chi connectivity index (χ3n) is 3.50. The third kappa shape index (κ3) is 3.57. The summed E-state index contributed by atoms with van der Waals surface area (Å²) in [5.41, 5.74) is 1.00. The quantitative estimate of drug-likeness (QED) is 0.549. The molecule has 2 heterocycles. The van der Waals surface area contributed by atoms with Crippen molar-refractivity contribution in [2.24, 2.45) is 0 Å². The van der Waals surface area contributed by atoms with Crippen molar-refractivity contribution < 1.29 is 14.3 Å². The fourth-order valence-corrected chi connectivity index (χ4v) is 2.53. The van der Waals surface area contributed by atoms with E-state index in [1.165, 1.54) is 23.1 Å². The van der Waals surface area contributed by atoms with Crippen LogP contribution in [0.1, 0.15) is 27.6 Å². The van der Waals surface area contributed by atoms with Gasteiger partial charge in [0.15, 0.2) is 5.82 Å². The first-order chi connectivity index (χ1) is 12.6. The number of carbonyl (C=O) groups excluding carboxylic acids is 2. The number of para-hydroxylation sites is 1. The van der Waals surface area contributed by atoms with Gasteiger partial charge in [0.25, 0.3) is 5.91 Å². The Bertz CT molecular complexity index is 941. The number of anilines is 1. The largest absolute Gasteiger partial charge is 0.462 e. The van der Waals surface area contributed by atoms with Crippen molar-refractivity contribution in [3.05, 3.63) is 71.1 Å². The van der Waals surface area contributed by atoms with E-state index in [4.69, 9.17) is 16.3 Å². The number of hydrogen-bond acceptors (Lipinski definition) is 5. The minimum Gasteiger partial charge on any atom is -0.462 e. The van der Waals surface area contributed by atoms with E-state index in [1.807, 2.05) is 18.2 Å². The van der Waals surface area contributed by atoms with Crippen LogP contribution in [0.5, 0.6) is 0 Å². The lowest BCUT2D eigenvalue weighted by Gasteiger charge is -2.11. The van der Waals surface area contributed by atoms with Crippen LogP contribution < -0.4 is 5.32 Å². The van der Waals surface area contributed by atoms with Gasteiger partial charge in [0.05, 0.1) is 24.1 Å². The number of carbonyl (C=O) groups is 2. The number of amides is 1. The minimum absolute atomic E-state index is 0.0634. The molecule has 1 amide bonds. The minimum atomic E-state index is -0.581. The van der Waals surface area contributed by atoms with Crippen LogP contribution in [-0.2, 0) is 4.74 Å². The summed E-state index contributed by atoms with van der Waals surface area (Å²) < 4.78 is 6.50. The third-order valence-corrected chi connectivity index (χ3v) is 3.80. The SMILES string of the molecule is CCOC(=O)c1cnn(-c2ccccc2)c1NC(=O)c1cccnc1Cl. The van der Waals surface area contributed by atoms with Crippen molar-refractivity contribution in [1.82, 2.24) is 14.8 Å². The number of ether oxygens (including phenoxy) is 1. The molecule has 8 heteroatoms. The molecule has 26 heavy (non-hydrogen) atoms. The molecule has 0 saturated carbocycles. The average Bonchev–Trinajstić information content (AvgIpc) is 3.06. The highest BCUT2D eigenvalue weighted by Crippen LogP contribution is 2.23. The molecule has 0 atom stereocenters. The average molecular weight is 371 g/mol. The highest BCUT2D eigenvalue weighted by molar-refractivity contribution is 6.33. The highest BCUT2D eigenvalue weighted by Gasteiger charge is 2.22. The summed E-state index contributed by atoms with van der Waals surface area (Å²) in [5.74, 6) is -0.895. The molecule has 7 nitrogen and oxygen atoms in total. The van der Waals surface area contributed by atoms with Gasteiger partial charge >= 0.3 is 5.97 Å². The molecule has 3 aromatic rings. The van der Waals surface area contributed by atoms with Crippen LogP contribution in [0.15, 0.2) is 54.9 Å². The van der Waals surface area contributed by atoms with Crippen molar-refractivity contribution in [2.75, 3.05) is 11.9 Å². The Morgan fingerprint density at radius 3 is 2.62 bits per heavy atom. The first-order valence-corrected chi connectivity index (χ1v) is 8.22. The van der Waals surface area contributed by atoms with Gasteiger partial charge in [-0.15, -0.1) is 0 Å². The molecule has 0 unspecified atom stereocenters. The van der Waals surface area contributed by atoms with E-state index in [1.54, 1.807) is 25.1 Å². The van der Waals surface area contributed by atoms with Crippen molar-refractivity contribution in [3.8, 4) is 5.69 Å². The van der Waals surface area contributed by atoms with Crippen molar-refractivity contribution in [2.45, 2.75) is 6.92 Å². The predicted molar refractivity (Wildman–Crippen MR) is 96.7 cm³/mol. The lowest BCUT2D eigenvalue weighted by Crippen LogP contribution is -2.18. The molecule has 2 aromatic heterocycles. The molecule has 0 aliphatic rings. The number of benzene rings is 1. The number of pyridine rings is 1. The van der Waals surface area contributed by atoms with E-state index in [2.05, 4.69) is 15.4 Å². The van der Waals surface area contributed by atoms with Gasteiger partial charge in [-0.25, -0.2) is 14.5 Å². The maximum absolute atomic E-state index is 12.6. The number of nitrogens with one attached hydrogen (secondary N) is 1. The Labute approximate surface area is 154 Å². The topological polar surface area (TPSA) is 86.1 Å². The number of aromatic nitrogens is 3. The second kappa shape index (κ2) is 7.79. The number of nitrogens with zero attached hydrogens (tertiary/aromatic N) is 3. The fraction of sp³-hybridized carbons (Fsp3) is 0.111. The molecule has 0 radical (unpaired) electrons. The van der Waals surface area contributed by atoms with Gasteiger partial charge in [-0.05, 0) is 31.2 Å². The first kappa shape index (κ1) is 17.6. The second-order valence-corrected chi connectivity index (χ2v) is 5.53. The first-order valence-electron chi connectivity index (χ1n) is 7.84. The van der Waals surface area contributed by atoms with Crippen LogP contribution >= 0.6 is 11.6 Å². The molecule has 0 bridgehead atoms. The van der Waals surface area contributed by atoms with Crippen LogP contribution in [0.4, 0.5) is 5.82 Å². The lowest BCUT2D eigenvalue weighted by molar-refractivity contribution is 0.0527. The van der Waals surface area contributed by atoms with E-state index in [-0.39, 0.29) is 28.7 Å². The van der Waals surface area contributed by atoms with Gasteiger partial charge in [-0.3, -0.25) is 4.79 Å². The van der Waals surface area contributed by atoms with Crippen LogP contribution in [-0.4, -0.2) is 33.2 Å². The summed E-state index contributed by atoms with van der Waals surface area (Å²) in [7, 11) is 0. The number of halogens is 1. The molecule has 0 aliphatic carbocycles. The Balaban J connectivity index is 2.03. The maximum atomic E-state index is 12.6. The summed E-state index contributed by atoms with van der Waals surface area (Å²) in [6, 6.07) is 12.2. The zero-order chi connectivity index (χ0) is 18.5. The van der Waals surface area contributed by atoms with Gasteiger partial charge < -0.3 is 10.1 Å². The molecule has 1 N–H and O–H groups in total. The smallest absolute Gasteiger partial charge is 0.343 e. The predicted octanol–water partition coefficient (Wildman–Crippen LogP) is 3.35. The Hall–Kier alpha value is -3.19. The molecule has 0 saturated heterocycles. The van der Waals surface area contributed by atoms with Gasteiger partial charge in [0.2, 0.25) is 0 Å². The van der Waals surface area contributed by atoms with E-state index in [9.17, 15) is 9.59 Å². The van der Waals surface area contributed by atoms with E-state index in [0.717, 1.165) is 0 Å². The van der Waals surface area contributed by atoms with Gasteiger partial charge in [0, 0.05) is 6.20 Å². The van der Waals surface area contributed by atoms with Crippen LogP contribution in [0.3, 0.4) is 0 Å². The second-order valence-electron chi connectivity index (χ2n) is 5.17. The molecule has 0 fully saturated rings. The number of esters is 1. The molecule has 3 rings (SSSR count). The van der Waals surface area contributed by atoms with Crippen molar-refractivity contribution >= 4 is 29.3 Å². The summed E-state index contributed by atoms with van der Waals surface area (Å²) in [5, 5.41) is 6.97. The van der Waals surface area contributed by atoms with E-state index in [0.29, 0.717) is 5.69 Å². The maximum Gasteiger partial charge on any atom is 0.343 e. The molecular formula is C18H15ClN4O3. The van der Waals surface area contributed by atoms with Crippen molar-refractivity contribution in [3.63, 3.8) is 0 Å². The Morgan fingerprint density at radius 2 is 1.92 bits per heavy atom. The van der Waals surface area contributed by atoms with Crippen molar-refractivity contribution in [1.29, 1.82) is 0 Å². The van der Waals surface area contributed by atoms with Gasteiger partial charge in [-0.1, -0.05) is 29.8 Å². The van der Waals surface area contributed by atoms with Crippen LogP contribution in [0.25, 0.3) is 5.69 Å². The number of rotatable bonds is 5. The Morgan fingerprint density at radius 1 is 1.15 bits per heavy atom. The molecule has 0 aliphatic heterocycles. The van der Waals surface area contributed by atoms with Crippen LogP contribution in [0, 0.1) is 0 Å². The Kier molecular flexibility index (Phi) is 5.28. The number of hydrogen-bond donors (Lipinski definition) is 1. The molecular weight excluding hydrogens is 356 g/mol. The van der Waals surface area contributed by atoms with E-state index < -0.39 is 11.9 Å². The van der Waals surface area contributed by atoms with Gasteiger partial charge in [-0.2, -0.15) is 5.10 Å². The zero-order valence-corrected chi connectivity index (χ0v) is 14.6. The summed E-state index contributed by atoms with van der Waals surface area (Å²) in [6.07, 6.45) is 2.84. The van der Waals surface area contributed by atoms with E-state index >= 15 is 0 Å². The summed E-state index contributed by atoms with van der Waals surface area (Å²) in [4.78, 5) is 28.7. The lowest BCUT2D eigenvalue weighted by atomic mass is 10.2. The molecule has 1 aromatic carbocycles. The van der Waals surface area contributed by atoms with Crippen LogP contribution in [0.2, 0.25) is 5.15 Å². The standard InChI is InChI=1S/C18H15ClN4O3/c1-2-26-18(25)14-11-21-23(12-7-4-3-5-8-12)16(14)22-17(24)13-9-6-10-20-15(13)19/h3-11H,2H2,1H3,(H,22,24). The van der Waals surface area contributed by atoms with Gasteiger partial charge in [0.1, 0.15) is 10.7 Å². The zero-order valence-electron chi connectivity index (χ0n) is 13.8.